The van der Waals surface area contributed by atoms with E-state index in [-0.39, 0.29) is 28.0 Å². The van der Waals surface area contributed by atoms with Gasteiger partial charge in [0.1, 0.15) is 6.04 Å². The van der Waals surface area contributed by atoms with E-state index in [9.17, 15) is 19.7 Å². The third-order valence-electron chi connectivity index (χ3n) is 3.42. The summed E-state index contributed by atoms with van der Waals surface area (Å²) in [5, 5.41) is 14.3. The summed E-state index contributed by atoms with van der Waals surface area (Å²) in [7, 11) is 0. The molecule has 2 rings (SSSR count). The lowest BCUT2D eigenvalue weighted by molar-refractivity contribution is -0.383. The molecule has 0 spiro atoms. The van der Waals surface area contributed by atoms with Gasteiger partial charge in [-0.1, -0.05) is 30.3 Å². The summed E-state index contributed by atoms with van der Waals surface area (Å²) in [6.45, 7) is 3.24. The maximum Gasteiger partial charge on any atom is 0.328 e. The number of anilines is 1. The highest BCUT2D eigenvalue weighted by Crippen LogP contribution is 2.35. The number of hydrogen-bond donors (Lipinski definition) is 1. The lowest BCUT2D eigenvalue weighted by atomic mass is 10.1. The average Bonchev–Trinajstić information content (AvgIpc) is 3.00. The molecule has 1 aromatic heterocycles. The van der Waals surface area contributed by atoms with Gasteiger partial charge in [-0.3, -0.25) is 14.9 Å². The Labute approximate surface area is 148 Å². The maximum absolute atomic E-state index is 12.3. The van der Waals surface area contributed by atoms with Crippen LogP contribution in [-0.4, -0.2) is 29.3 Å². The van der Waals surface area contributed by atoms with E-state index in [1.807, 2.05) is 30.3 Å². The van der Waals surface area contributed by atoms with Crippen molar-refractivity contribution in [2.45, 2.75) is 26.3 Å². The number of carbonyl (C=O) groups is 2. The highest BCUT2D eigenvalue weighted by molar-refractivity contribution is 7.18. The van der Waals surface area contributed by atoms with Crippen LogP contribution in [0, 0.1) is 10.1 Å². The highest BCUT2D eigenvalue weighted by Gasteiger charge is 2.27. The molecule has 0 unspecified atom stereocenters. The smallest absolute Gasteiger partial charge is 0.328 e. The number of ether oxygens (including phenoxy) is 1. The van der Waals surface area contributed by atoms with Gasteiger partial charge >= 0.3 is 11.7 Å². The van der Waals surface area contributed by atoms with Gasteiger partial charge in [0, 0.05) is 12.5 Å². The molecule has 0 aliphatic heterocycles. The molecule has 0 aliphatic rings. The Bertz CT molecular complexity index is 773. The van der Waals surface area contributed by atoms with E-state index in [1.165, 1.54) is 13.0 Å². The fourth-order valence-electron chi connectivity index (χ4n) is 2.24. The molecule has 0 amide bonds. The molecule has 7 nitrogen and oxygen atoms in total. The second-order valence-corrected chi connectivity index (χ2v) is 6.33. The third kappa shape index (κ3) is 4.87. The van der Waals surface area contributed by atoms with Crippen LogP contribution in [0.1, 0.15) is 29.1 Å². The fraction of sp³-hybridized carbons (Fsp3) is 0.294. The minimum Gasteiger partial charge on any atom is -0.464 e. The Kier molecular flexibility index (Phi) is 6.24. The zero-order chi connectivity index (χ0) is 18.4. The zero-order valence-corrected chi connectivity index (χ0v) is 14.7. The lowest BCUT2D eigenvalue weighted by Gasteiger charge is -2.17. The van der Waals surface area contributed by atoms with Gasteiger partial charge in [0.05, 0.1) is 16.4 Å². The Balaban J connectivity index is 2.31. The van der Waals surface area contributed by atoms with Crippen molar-refractivity contribution in [3.8, 4) is 0 Å². The number of nitro groups is 1. The van der Waals surface area contributed by atoms with Crippen molar-refractivity contribution >= 4 is 33.8 Å². The Hall–Kier alpha value is -2.74. The summed E-state index contributed by atoms with van der Waals surface area (Å²) in [6, 6.07) is 9.70. The minimum atomic E-state index is -0.792. The van der Waals surface area contributed by atoms with E-state index < -0.39 is 16.9 Å². The van der Waals surface area contributed by atoms with Crippen LogP contribution in [0.2, 0.25) is 0 Å². The van der Waals surface area contributed by atoms with Gasteiger partial charge in [-0.2, -0.15) is 0 Å². The zero-order valence-electron chi connectivity index (χ0n) is 13.9. The molecule has 1 N–H and O–H groups in total. The largest absolute Gasteiger partial charge is 0.464 e. The van der Waals surface area contributed by atoms with Gasteiger partial charge in [0.25, 0.3) is 0 Å². The summed E-state index contributed by atoms with van der Waals surface area (Å²) < 4.78 is 5.07. The van der Waals surface area contributed by atoms with Crippen LogP contribution in [0.15, 0.2) is 36.4 Å². The molecule has 0 saturated heterocycles. The van der Waals surface area contributed by atoms with Gasteiger partial charge in [-0.05, 0) is 19.4 Å². The number of benzene rings is 1. The molecule has 0 radical (unpaired) electrons. The van der Waals surface area contributed by atoms with Crippen molar-refractivity contribution < 1.29 is 19.2 Å². The van der Waals surface area contributed by atoms with Crippen molar-refractivity contribution in [3.63, 3.8) is 0 Å². The van der Waals surface area contributed by atoms with E-state index in [1.54, 1.807) is 6.92 Å². The molecular weight excluding hydrogens is 344 g/mol. The van der Waals surface area contributed by atoms with Gasteiger partial charge < -0.3 is 10.1 Å². The number of rotatable bonds is 8. The SMILES string of the molecule is CCOC(=O)[C@H](Cc1ccccc1)Nc1sc(C(C)=O)cc1[N+](=O)[O-]. The molecule has 0 bridgehead atoms. The van der Waals surface area contributed by atoms with Crippen LogP contribution in [0.4, 0.5) is 10.7 Å². The van der Waals surface area contributed by atoms with E-state index in [4.69, 9.17) is 4.74 Å². The molecular formula is C17H18N2O5S. The van der Waals surface area contributed by atoms with Gasteiger partial charge in [0.2, 0.25) is 0 Å². The number of ketones is 1. The predicted octanol–water partition coefficient (Wildman–Crippen LogP) is 3.45. The minimum absolute atomic E-state index is 0.171. The highest BCUT2D eigenvalue weighted by atomic mass is 32.1. The molecule has 0 aliphatic carbocycles. The van der Waals surface area contributed by atoms with Crippen LogP contribution in [-0.2, 0) is 16.0 Å². The number of hydrogen-bond acceptors (Lipinski definition) is 7. The second kappa shape index (κ2) is 8.39. The van der Waals surface area contributed by atoms with Crippen molar-refractivity contribution in [2.24, 2.45) is 0 Å². The summed E-state index contributed by atoms with van der Waals surface area (Å²) in [6.07, 6.45) is 0.310. The number of thiophene rings is 1. The molecule has 1 heterocycles. The molecule has 0 fully saturated rings. The number of nitrogens with one attached hydrogen (secondary N) is 1. The van der Waals surface area contributed by atoms with Crippen LogP contribution in [0.25, 0.3) is 0 Å². The van der Waals surface area contributed by atoms with E-state index in [2.05, 4.69) is 5.32 Å². The topological polar surface area (TPSA) is 98.5 Å². The molecule has 1 aromatic carbocycles. The quantitative estimate of drug-likeness (QED) is 0.334. The first kappa shape index (κ1) is 18.6. The summed E-state index contributed by atoms with van der Waals surface area (Å²) in [5.41, 5.74) is 0.664. The first-order chi connectivity index (χ1) is 11.9. The maximum atomic E-state index is 12.3. The number of nitrogens with zero attached hydrogens (tertiary/aromatic N) is 1. The lowest BCUT2D eigenvalue weighted by Crippen LogP contribution is -2.33. The second-order valence-electron chi connectivity index (χ2n) is 5.28. The Morgan fingerprint density at radius 1 is 1.32 bits per heavy atom. The van der Waals surface area contributed by atoms with Crippen LogP contribution < -0.4 is 5.32 Å². The Morgan fingerprint density at radius 2 is 2.00 bits per heavy atom. The van der Waals surface area contributed by atoms with Crippen LogP contribution in [0.5, 0.6) is 0 Å². The fourth-order valence-corrected chi connectivity index (χ4v) is 3.21. The summed E-state index contributed by atoms with van der Waals surface area (Å²) in [5.74, 6) is -0.768. The van der Waals surface area contributed by atoms with E-state index in [0.717, 1.165) is 16.9 Å². The normalized spacial score (nSPS) is 11.6. The molecule has 25 heavy (non-hydrogen) atoms. The number of esters is 1. The van der Waals surface area contributed by atoms with Gasteiger partial charge in [-0.25, -0.2) is 4.79 Å². The molecule has 1 atom stereocenters. The van der Waals surface area contributed by atoms with Crippen LogP contribution >= 0.6 is 11.3 Å². The first-order valence-electron chi connectivity index (χ1n) is 7.68. The standard InChI is InChI=1S/C17H18N2O5S/c1-3-24-17(21)13(9-12-7-5-4-6-8-12)18-16-14(19(22)23)10-15(25-16)11(2)20/h4-8,10,13,18H,3,9H2,1-2H3/t13-/m0/s1. The summed E-state index contributed by atoms with van der Waals surface area (Å²) >= 11 is 0.960. The average molecular weight is 362 g/mol. The number of Topliss-reactive ketones (excluding diaryl/α,β-unsaturated/α-hetero) is 1. The third-order valence-corrected chi connectivity index (χ3v) is 4.57. The predicted molar refractivity (Wildman–Crippen MR) is 95.2 cm³/mol. The van der Waals surface area contributed by atoms with Crippen molar-refractivity contribution in [1.82, 2.24) is 0 Å². The molecule has 132 valence electrons. The van der Waals surface area contributed by atoms with Crippen molar-refractivity contribution in [3.05, 3.63) is 57.0 Å². The van der Waals surface area contributed by atoms with Crippen molar-refractivity contribution in [2.75, 3.05) is 11.9 Å². The monoisotopic (exact) mass is 362 g/mol. The van der Waals surface area contributed by atoms with Crippen LogP contribution in [0.3, 0.4) is 0 Å². The van der Waals surface area contributed by atoms with E-state index in [0.29, 0.717) is 6.42 Å². The number of carbonyl (C=O) groups excluding carboxylic acids is 2. The molecule has 2 aromatic rings. The van der Waals surface area contributed by atoms with Gasteiger partial charge in [0.15, 0.2) is 10.8 Å². The van der Waals surface area contributed by atoms with Crippen molar-refractivity contribution in [1.29, 1.82) is 0 Å². The Morgan fingerprint density at radius 3 is 2.56 bits per heavy atom. The first-order valence-corrected chi connectivity index (χ1v) is 8.50. The molecule has 8 heteroatoms. The summed E-state index contributed by atoms with van der Waals surface area (Å²) in [4.78, 5) is 34.7. The van der Waals surface area contributed by atoms with Gasteiger partial charge in [-0.15, -0.1) is 11.3 Å². The molecule has 0 saturated carbocycles. The van der Waals surface area contributed by atoms with E-state index >= 15 is 0 Å².